The first-order valence-electron chi connectivity index (χ1n) is 15.2. The van der Waals surface area contributed by atoms with E-state index in [0.717, 1.165) is 63.5 Å². The van der Waals surface area contributed by atoms with Crippen molar-refractivity contribution in [2.24, 2.45) is 0 Å². The van der Waals surface area contributed by atoms with Gasteiger partial charge >= 0.3 is 6.01 Å². The van der Waals surface area contributed by atoms with Crippen LogP contribution in [0.5, 0.6) is 11.9 Å². The molecule has 2 saturated heterocycles. The van der Waals surface area contributed by atoms with E-state index in [9.17, 15) is 4.39 Å². The summed E-state index contributed by atoms with van der Waals surface area (Å²) in [6.45, 7) is 1.95. The van der Waals surface area contributed by atoms with Crippen LogP contribution in [0.1, 0.15) is 69.3 Å². The normalized spacial score (nSPS) is 26.6. The summed E-state index contributed by atoms with van der Waals surface area (Å²) in [6.07, 6.45) is 7.38. The molecule has 0 bridgehead atoms. The lowest BCUT2D eigenvalue weighted by Gasteiger charge is -2.37. The molecule has 4 fully saturated rings. The van der Waals surface area contributed by atoms with Crippen molar-refractivity contribution in [3.05, 3.63) is 28.5 Å². The fraction of sp³-hybridized carbons (Fsp3) is 0.581. The Hall–Kier alpha value is -2.98. The van der Waals surface area contributed by atoms with E-state index >= 15 is 4.39 Å². The number of hydrogen-bond donors (Lipinski definition) is 1. The zero-order chi connectivity index (χ0) is 28.8. The number of anilines is 2. The Morgan fingerprint density at radius 1 is 1.14 bits per heavy atom. The minimum atomic E-state index is -0.874. The van der Waals surface area contributed by atoms with Crippen molar-refractivity contribution in [1.82, 2.24) is 19.9 Å². The summed E-state index contributed by atoms with van der Waals surface area (Å²) in [6, 6.07) is 3.54. The highest BCUT2D eigenvalue weighted by Crippen LogP contribution is 2.51. The van der Waals surface area contributed by atoms with E-state index in [4.69, 9.17) is 36.8 Å². The topological polar surface area (TPSA) is 89.6 Å². The number of nitrogens with zero attached hydrogens (tertiary/aromatic N) is 5. The highest BCUT2D eigenvalue weighted by atomic mass is 35.5. The number of alkyl halides is 1. The molecule has 1 spiro atoms. The highest BCUT2D eigenvalue weighted by molar-refractivity contribution is 6.32. The maximum atomic E-state index is 16.8. The van der Waals surface area contributed by atoms with E-state index in [2.05, 4.69) is 14.8 Å². The second-order valence-electron chi connectivity index (χ2n) is 13.0. The number of benzene rings is 1. The number of nitrogens with two attached hydrogens (primary N) is 1. The summed E-state index contributed by atoms with van der Waals surface area (Å²) < 4.78 is 43.9. The third-order valence-corrected chi connectivity index (χ3v) is 10.7. The van der Waals surface area contributed by atoms with E-state index in [1.807, 2.05) is 7.05 Å². The first-order valence-corrected chi connectivity index (χ1v) is 15.5. The molecule has 0 unspecified atom stereocenters. The second-order valence-corrected chi connectivity index (χ2v) is 13.4. The second kappa shape index (κ2) is 9.51. The zero-order valence-electron chi connectivity index (χ0n) is 23.8. The van der Waals surface area contributed by atoms with E-state index in [-0.39, 0.29) is 40.8 Å². The number of nitrogen functional groups attached to an aromatic ring is 1. The average Bonchev–Trinajstić information content (AvgIpc) is 3.44. The van der Waals surface area contributed by atoms with Gasteiger partial charge in [0.1, 0.15) is 41.8 Å². The molecule has 0 amide bonds. The third-order valence-electron chi connectivity index (χ3n) is 10.4. The van der Waals surface area contributed by atoms with Crippen molar-refractivity contribution in [3.63, 3.8) is 0 Å². The van der Waals surface area contributed by atoms with Gasteiger partial charge in [0.05, 0.1) is 11.1 Å². The molecule has 0 radical (unpaired) electrons. The standard InChI is InChI=1S/C31H35ClF2N6O2/c1-39-27-23-26(37-29(38-27)42-16-31-9-4-10-40(31)14-18(33)13-31)24(34)25(36-28(23)41-15-30(39)7-2-3-8-30)20-11-19(35)12-21(32)22(20)17-5-6-17/h11-12,17-18H,2-10,13-16,35H2,1H3/t18-,31+/m1/s1. The minimum absolute atomic E-state index is 0.0814. The molecule has 11 heteroatoms. The first kappa shape index (κ1) is 26.6. The molecule has 2 N–H and O–H groups in total. The molecule has 42 heavy (non-hydrogen) atoms. The summed E-state index contributed by atoms with van der Waals surface area (Å²) in [7, 11) is 1.99. The Morgan fingerprint density at radius 3 is 2.74 bits per heavy atom. The van der Waals surface area contributed by atoms with E-state index < -0.39 is 12.0 Å². The zero-order valence-corrected chi connectivity index (χ0v) is 24.5. The number of halogens is 3. The number of aromatic nitrogens is 3. The third kappa shape index (κ3) is 4.04. The summed E-state index contributed by atoms with van der Waals surface area (Å²) in [5.74, 6) is 0.495. The molecule has 2 atom stereocenters. The summed E-state index contributed by atoms with van der Waals surface area (Å²) in [5, 5.41) is 0.948. The van der Waals surface area contributed by atoms with Crippen molar-refractivity contribution in [2.75, 3.05) is 44.0 Å². The molecular formula is C31H35ClF2N6O2. The predicted octanol–water partition coefficient (Wildman–Crippen LogP) is 6.04. The lowest BCUT2D eigenvalue weighted by molar-refractivity contribution is 0.107. The first-order chi connectivity index (χ1) is 20.3. The molecule has 2 aromatic heterocycles. The van der Waals surface area contributed by atoms with Gasteiger partial charge in [-0.25, -0.2) is 13.8 Å². The van der Waals surface area contributed by atoms with Gasteiger partial charge in [-0.05, 0) is 68.7 Å². The molecule has 8 nitrogen and oxygen atoms in total. The predicted molar refractivity (Wildman–Crippen MR) is 158 cm³/mol. The van der Waals surface area contributed by atoms with Gasteiger partial charge in [0.25, 0.3) is 0 Å². The Morgan fingerprint density at radius 2 is 1.95 bits per heavy atom. The van der Waals surface area contributed by atoms with Crippen molar-refractivity contribution in [1.29, 1.82) is 0 Å². The van der Waals surface area contributed by atoms with Crippen LogP contribution in [-0.2, 0) is 0 Å². The van der Waals surface area contributed by atoms with Crippen LogP contribution in [0, 0.1) is 5.82 Å². The smallest absolute Gasteiger partial charge is 0.319 e. The molecule has 5 heterocycles. The van der Waals surface area contributed by atoms with Gasteiger partial charge in [0.2, 0.25) is 5.88 Å². The molecular weight excluding hydrogens is 562 g/mol. The number of pyridine rings is 1. The van der Waals surface area contributed by atoms with Gasteiger partial charge in [-0.1, -0.05) is 24.4 Å². The summed E-state index contributed by atoms with van der Waals surface area (Å²) in [4.78, 5) is 18.6. The van der Waals surface area contributed by atoms with E-state index in [1.54, 1.807) is 12.1 Å². The fourth-order valence-electron chi connectivity index (χ4n) is 8.00. The number of hydrogen-bond acceptors (Lipinski definition) is 8. The Labute approximate surface area is 248 Å². The summed E-state index contributed by atoms with van der Waals surface area (Å²) >= 11 is 6.67. The maximum absolute atomic E-state index is 16.8. The van der Waals surface area contributed by atoms with Crippen molar-refractivity contribution < 1.29 is 18.3 Å². The molecule has 2 aliphatic carbocycles. The van der Waals surface area contributed by atoms with Crippen LogP contribution >= 0.6 is 11.6 Å². The van der Waals surface area contributed by atoms with Crippen molar-refractivity contribution in [2.45, 2.75) is 81.0 Å². The SMILES string of the molecule is CN1c2nc(OC[C@@]34CCCN3C[C@H](F)C4)nc3c(F)c(-c4cc(N)cc(Cl)c4C4CC4)nc(c23)OCC12CCCC2. The van der Waals surface area contributed by atoms with Gasteiger partial charge < -0.3 is 20.1 Å². The fourth-order valence-corrected chi connectivity index (χ4v) is 8.38. The molecule has 222 valence electrons. The van der Waals surface area contributed by atoms with Crippen LogP contribution in [0.25, 0.3) is 22.2 Å². The molecule has 2 saturated carbocycles. The van der Waals surface area contributed by atoms with Crippen LogP contribution < -0.4 is 20.1 Å². The van der Waals surface area contributed by atoms with Crippen LogP contribution in [0.4, 0.5) is 20.3 Å². The average molecular weight is 597 g/mol. The highest BCUT2D eigenvalue weighted by Gasteiger charge is 2.50. The van der Waals surface area contributed by atoms with Crippen LogP contribution in [-0.4, -0.2) is 70.5 Å². The van der Waals surface area contributed by atoms with Gasteiger partial charge in [-0.15, -0.1) is 0 Å². The number of ether oxygens (including phenoxy) is 2. The largest absolute Gasteiger partial charge is 0.475 e. The minimum Gasteiger partial charge on any atom is -0.475 e. The Kier molecular flexibility index (Phi) is 6.03. The molecule has 3 aliphatic heterocycles. The molecule has 3 aromatic rings. The van der Waals surface area contributed by atoms with Crippen LogP contribution in [0.3, 0.4) is 0 Å². The quantitative estimate of drug-likeness (QED) is 0.357. The molecule has 1 aromatic carbocycles. The number of fused-ring (bicyclic) bond motifs is 1. The van der Waals surface area contributed by atoms with Crippen LogP contribution in [0.2, 0.25) is 5.02 Å². The number of likely N-dealkylation sites (N-methyl/N-ethyl adjacent to an activating group) is 1. The summed E-state index contributed by atoms with van der Waals surface area (Å²) in [5.41, 5.74) is 7.61. The number of rotatable bonds is 5. The van der Waals surface area contributed by atoms with E-state index in [1.165, 1.54) is 0 Å². The molecule has 8 rings (SSSR count). The van der Waals surface area contributed by atoms with Crippen molar-refractivity contribution >= 4 is 34.0 Å². The van der Waals surface area contributed by atoms with Gasteiger partial charge in [0.15, 0.2) is 5.82 Å². The van der Waals surface area contributed by atoms with Crippen LogP contribution in [0.15, 0.2) is 12.1 Å². The lowest BCUT2D eigenvalue weighted by Crippen LogP contribution is -2.48. The van der Waals surface area contributed by atoms with Gasteiger partial charge in [-0.2, -0.15) is 9.97 Å². The lowest BCUT2D eigenvalue weighted by atomic mass is 9.95. The maximum Gasteiger partial charge on any atom is 0.319 e. The van der Waals surface area contributed by atoms with Gasteiger partial charge in [0, 0.05) is 36.3 Å². The Balaban J connectivity index is 1.29. The Bertz CT molecular complexity index is 1600. The molecule has 5 aliphatic rings. The van der Waals surface area contributed by atoms with Crippen molar-refractivity contribution in [3.8, 4) is 23.1 Å². The monoisotopic (exact) mass is 596 g/mol. The van der Waals surface area contributed by atoms with E-state index in [0.29, 0.717) is 52.9 Å². The van der Waals surface area contributed by atoms with Gasteiger partial charge in [-0.3, -0.25) is 4.90 Å².